The first kappa shape index (κ1) is 16.5. The molecule has 0 heterocycles. The molecule has 0 radical (unpaired) electrons. The lowest BCUT2D eigenvalue weighted by atomic mass is 10.2. The maximum atomic E-state index is 12.0. The van der Waals surface area contributed by atoms with Crippen molar-refractivity contribution in [2.75, 3.05) is 18.5 Å². The first-order valence-electron chi connectivity index (χ1n) is 7.46. The molecule has 0 fully saturated rings. The number of nitrogens with one attached hydrogen (secondary N) is 2. The predicted molar refractivity (Wildman–Crippen MR) is 89.8 cm³/mol. The molecule has 5 nitrogen and oxygen atoms in total. The van der Waals surface area contributed by atoms with E-state index in [0.29, 0.717) is 23.6 Å². The molecule has 120 valence electrons. The summed E-state index contributed by atoms with van der Waals surface area (Å²) >= 11 is 0. The first-order valence-corrected chi connectivity index (χ1v) is 7.46. The molecular weight excluding hydrogens is 292 g/mol. The van der Waals surface area contributed by atoms with Crippen LogP contribution in [0.2, 0.25) is 0 Å². The Balaban J connectivity index is 1.84. The average Bonchev–Trinajstić information content (AvgIpc) is 2.54. The lowest BCUT2D eigenvalue weighted by Crippen LogP contribution is -2.32. The van der Waals surface area contributed by atoms with Gasteiger partial charge in [0.1, 0.15) is 5.75 Å². The van der Waals surface area contributed by atoms with Crippen molar-refractivity contribution in [2.45, 2.75) is 13.8 Å². The Labute approximate surface area is 135 Å². The second kappa shape index (κ2) is 7.98. The van der Waals surface area contributed by atoms with E-state index in [2.05, 4.69) is 10.6 Å². The molecule has 0 unspecified atom stereocenters. The molecule has 2 amide bonds. The van der Waals surface area contributed by atoms with Gasteiger partial charge in [-0.05, 0) is 55.8 Å². The van der Waals surface area contributed by atoms with Crippen LogP contribution in [0.1, 0.15) is 22.8 Å². The van der Waals surface area contributed by atoms with Crippen molar-refractivity contribution in [2.24, 2.45) is 0 Å². The van der Waals surface area contributed by atoms with Crippen LogP contribution in [-0.4, -0.2) is 25.0 Å². The zero-order valence-corrected chi connectivity index (χ0v) is 13.3. The number of carbonyl (C=O) groups is 2. The summed E-state index contributed by atoms with van der Waals surface area (Å²) in [5, 5.41) is 5.34. The lowest BCUT2D eigenvalue weighted by molar-refractivity contribution is -0.115. The molecule has 5 heteroatoms. The van der Waals surface area contributed by atoms with E-state index in [-0.39, 0.29) is 18.4 Å². The Hall–Kier alpha value is -2.82. The van der Waals surface area contributed by atoms with Gasteiger partial charge in [0.2, 0.25) is 5.91 Å². The minimum Gasteiger partial charge on any atom is -0.494 e. The molecule has 2 rings (SSSR count). The minimum absolute atomic E-state index is 0.0833. The van der Waals surface area contributed by atoms with Crippen LogP contribution in [0.5, 0.6) is 5.75 Å². The van der Waals surface area contributed by atoms with Gasteiger partial charge in [-0.25, -0.2) is 0 Å². The molecule has 2 aromatic carbocycles. The molecule has 2 aromatic rings. The number of aryl methyl sites for hydroxylation is 1. The third-order valence-electron chi connectivity index (χ3n) is 3.14. The summed E-state index contributed by atoms with van der Waals surface area (Å²) < 4.78 is 5.32. The zero-order valence-electron chi connectivity index (χ0n) is 13.3. The number of anilines is 1. The van der Waals surface area contributed by atoms with Crippen molar-refractivity contribution in [1.29, 1.82) is 0 Å². The van der Waals surface area contributed by atoms with E-state index in [1.165, 1.54) is 0 Å². The number of ether oxygens (including phenoxy) is 1. The molecule has 0 atom stereocenters. The van der Waals surface area contributed by atoms with Gasteiger partial charge in [-0.1, -0.05) is 12.1 Å². The molecule has 0 saturated heterocycles. The number of hydrogen-bond donors (Lipinski definition) is 2. The second-order valence-corrected chi connectivity index (χ2v) is 5.06. The summed E-state index contributed by atoms with van der Waals surface area (Å²) in [6.07, 6.45) is 0. The van der Waals surface area contributed by atoms with Crippen molar-refractivity contribution >= 4 is 17.5 Å². The maximum Gasteiger partial charge on any atom is 0.251 e. The van der Waals surface area contributed by atoms with Gasteiger partial charge in [0.25, 0.3) is 5.91 Å². The van der Waals surface area contributed by atoms with E-state index < -0.39 is 0 Å². The van der Waals surface area contributed by atoms with Crippen LogP contribution in [0, 0.1) is 6.92 Å². The highest BCUT2D eigenvalue weighted by Gasteiger charge is 2.08. The Bertz CT molecular complexity index is 681. The number of rotatable bonds is 6. The van der Waals surface area contributed by atoms with Crippen LogP contribution in [-0.2, 0) is 4.79 Å². The van der Waals surface area contributed by atoms with E-state index >= 15 is 0 Å². The summed E-state index contributed by atoms with van der Waals surface area (Å²) in [5.41, 5.74) is 2.25. The fraction of sp³-hybridized carbons (Fsp3) is 0.222. The van der Waals surface area contributed by atoms with Crippen LogP contribution in [0.25, 0.3) is 0 Å². The second-order valence-electron chi connectivity index (χ2n) is 5.06. The van der Waals surface area contributed by atoms with Crippen LogP contribution in [0.4, 0.5) is 5.69 Å². The van der Waals surface area contributed by atoms with Crippen LogP contribution in [0.3, 0.4) is 0 Å². The number of amides is 2. The topological polar surface area (TPSA) is 67.4 Å². The van der Waals surface area contributed by atoms with Gasteiger partial charge in [0.15, 0.2) is 0 Å². The van der Waals surface area contributed by atoms with Crippen molar-refractivity contribution in [3.05, 3.63) is 59.7 Å². The van der Waals surface area contributed by atoms with Gasteiger partial charge in [-0.15, -0.1) is 0 Å². The highest BCUT2D eigenvalue weighted by atomic mass is 16.5. The summed E-state index contributed by atoms with van der Waals surface area (Å²) in [5.74, 6) is 0.142. The molecular formula is C18H20N2O3. The minimum atomic E-state index is -0.299. The van der Waals surface area contributed by atoms with Gasteiger partial charge in [0.05, 0.1) is 13.2 Å². The van der Waals surface area contributed by atoms with E-state index in [9.17, 15) is 9.59 Å². The molecule has 0 aliphatic rings. The van der Waals surface area contributed by atoms with Crippen molar-refractivity contribution < 1.29 is 14.3 Å². The van der Waals surface area contributed by atoms with Gasteiger partial charge in [0, 0.05) is 11.3 Å². The summed E-state index contributed by atoms with van der Waals surface area (Å²) in [4.78, 5) is 23.8. The molecule has 0 bridgehead atoms. The normalized spacial score (nSPS) is 10.0. The van der Waals surface area contributed by atoms with Crippen molar-refractivity contribution in [3.8, 4) is 5.75 Å². The Kier molecular flexibility index (Phi) is 5.74. The summed E-state index contributed by atoms with van der Waals surface area (Å²) in [6, 6.07) is 14.3. The van der Waals surface area contributed by atoms with E-state index in [0.717, 1.165) is 5.56 Å². The van der Waals surface area contributed by atoms with Gasteiger partial charge in [-0.3, -0.25) is 9.59 Å². The number of benzene rings is 2. The quantitative estimate of drug-likeness (QED) is 0.862. The Morgan fingerprint density at radius 1 is 1.09 bits per heavy atom. The van der Waals surface area contributed by atoms with E-state index in [4.69, 9.17) is 4.74 Å². The Morgan fingerprint density at radius 2 is 1.83 bits per heavy atom. The maximum absolute atomic E-state index is 12.0. The van der Waals surface area contributed by atoms with Gasteiger partial charge in [-0.2, -0.15) is 0 Å². The molecule has 2 N–H and O–H groups in total. The van der Waals surface area contributed by atoms with E-state index in [1.807, 2.05) is 32.0 Å². The SMILES string of the molecule is CCOc1ccc(C(=O)NCC(=O)Nc2cccc(C)c2)cc1. The molecule has 23 heavy (non-hydrogen) atoms. The largest absolute Gasteiger partial charge is 0.494 e. The summed E-state index contributed by atoms with van der Waals surface area (Å²) in [6.45, 7) is 4.33. The average molecular weight is 312 g/mol. The first-order chi connectivity index (χ1) is 11.1. The lowest BCUT2D eigenvalue weighted by Gasteiger charge is -2.08. The number of carbonyl (C=O) groups excluding carboxylic acids is 2. The monoisotopic (exact) mass is 312 g/mol. The van der Waals surface area contributed by atoms with Gasteiger partial charge >= 0.3 is 0 Å². The van der Waals surface area contributed by atoms with Gasteiger partial charge < -0.3 is 15.4 Å². The molecule has 0 spiro atoms. The fourth-order valence-corrected chi connectivity index (χ4v) is 2.06. The Morgan fingerprint density at radius 3 is 2.48 bits per heavy atom. The standard InChI is InChI=1S/C18H20N2O3/c1-3-23-16-9-7-14(8-10-16)18(22)19-12-17(21)20-15-6-4-5-13(2)11-15/h4-11H,3,12H2,1-2H3,(H,19,22)(H,20,21). The molecule has 0 saturated carbocycles. The third-order valence-corrected chi connectivity index (χ3v) is 3.14. The fourth-order valence-electron chi connectivity index (χ4n) is 2.06. The number of hydrogen-bond acceptors (Lipinski definition) is 3. The third kappa shape index (κ3) is 5.14. The smallest absolute Gasteiger partial charge is 0.251 e. The molecule has 0 aliphatic carbocycles. The highest BCUT2D eigenvalue weighted by Crippen LogP contribution is 2.12. The van der Waals surface area contributed by atoms with Crippen LogP contribution < -0.4 is 15.4 Å². The summed E-state index contributed by atoms with van der Waals surface area (Å²) in [7, 11) is 0. The van der Waals surface area contributed by atoms with Crippen molar-refractivity contribution in [3.63, 3.8) is 0 Å². The van der Waals surface area contributed by atoms with Crippen LogP contribution in [0.15, 0.2) is 48.5 Å². The molecule has 0 aliphatic heterocycles. The van der Waals surface area contributed by atoms with Crippen LogP contribution >= 0.6 is 0 Å². The predicted octanol–water partition coefficient (Wildman–Crippen LogP) is 2.76. The van der Waals surface area contributed by atoms with E-state index in [1.54, 1.807) is 30.3 Å². The highest BCUT2D eigenvalue weighted by molar-refractivity contribution is 5.99. The molecule has 0 aromatic heterocycles. The van der Waals surface area contributed by atoms with Crippen molar-refractivity contribution in [1.82, 2.24) is 5.32 Å². The zero-order chi connectivity index (χ0) is 16.7.